The maximum Gasteiger partial charge on any atom is 0.320 e. The zero-order chi connectivity index (χ0) is 23.4. The number of para-hydroxylation sites is 1. The number of rotatable bonds is 7. The Morgan fingerprint density at radius 2 is 2.06 bits per heavy atom. The fraction of sp³-hybridized carbons (Fsp3) is 0.348. The van der Waals surface area contributed by atoms with Crippen LogP contribution in [0.25, 0.3) is 5.69 Å². The predicted octanol–water partition coefficient (Wildman–Crippen LogP) is 3.71. The lowest BCUT2D eigenvalue weighted by molar-refractivity contribution is 0.159. The Balaban J connectivity index is 1.53. The van der Waals surface area contributed by atoms with Crippen molar-refractivity contribution in [1.82, 2.24) is 25.0 Å². The number of methoxy groups -OCH3 is 1. The van der Waals surface area contributed by atoms with Gasteiger partial charge in [-0.15, -0.1) is 0 Å². The van der Waals surface area contributed by atoms with Crippen LogP contribution in [0.1, 0.15) is 17.2 Å². The molecule has 0 unspecified atom stereocenters. The summed E-state index contributed by atoms with van der Waals surface area (Å²) in [6, 6.07) is 10.5. The average Bonchev–Trinajstić information content (AvgIpc) is 3.34. The number of nitrogens with zero attached hydrogens (tertiary/aromatic N) is 4. The molecular formula is C23H26BrFN6O2. The molecule has 0 spiro atoms. The monoisotopic (exact) mass is 516 g/mol. The lowest BCUT2D eigenvalue weighted by atomic mass is 9.96. The van der Waals surface area contributed by atoms with Gasteiger partial charge in [-0.2, -0.15) is 5.10 Å². The number of amides is 2. The van der Waals surface area contributed by atoms with Gasteiger partial charge < -0.3 is 10.1 Å². The first-order valence-corrected chi connectivity index (χ1v) is 11.5. The van der Waals surface area contributed by atoms with Gasteiger partial charge >= 0.3 is 6.03 Å². The van der Waals surface area contributed by atoms with Crippen LogP contribution in [-0.4, -0.2) is 65.1 Å². The van der Waals surface area contributed by atoms with Crippen molar-refractivity contribution >= 4 is 27.8 Å². The lowest BCUT2D eigenvalue weighted by Crippen LogP contribution is -2.42. The van der Waals surface area contributed by atoms with Crippen molar-refractivity contribution < 1.29 is 13.9 Å². The van der Waals surface area contributed by atoms with Crippen LogP contribution in [0.15, 0.2) is 53.3 Å². The molecule has 1 aromatic carbocycles. The molecule has 1 saturated heterocycles. The molecule has 10 heteroatoms. The zero-order valence-electron chi connectivity index (χ0n) is 18.5. The topological polar surface area (TPSA) is 84.3 Å². The van der Waals surface area contributed by atoms with Crippen molar-refractivity contribution in [3.63, 3.8) is 0 Å². The van der Waals surface area contributed by atoms with Crippen LogP contribution < -0.4 is 10.6 Å². The number of likely N-dealkylation sites (tertiary alicyclic amines) is 1. The summed E-state index contributed by atoms with van der Waals surface area (Å²) in [6.45, 7) is 4.46. The Labute approximate surface area is 200 Å². The summed E-state index contributed by atoms with van der Waals surface area (Å²) in [4.78, 5) is 19.2. The molecule has 1 aliphatic rings. The van der Waals surface area contributed by atoms with Crippen LogP contribution in [0.4, 0.5) is 15.0 Å². The fourth-order valence-electron chi connectivity index (χ4n) is 4.09. The van der Waals surface area contributed by atoms with E-state index in [9.17, 15) is 9.18 Å². The van der Waals surface area contributed by atoms with Crippen molar-refractivity contribution in [2.45, 2.75) is 18.9 Å². The van der Waals surface area contributed by atoms with Crippen molar-refractivity contribution in [3.8, 4) is 5.69 Å². The maximum atomic E-state index is 13.8. The Hall–Kier alpha value is -2.82. The van der Waals surface area contributed by atoms with E-state index in [2.05, 4.69) is 41.5 Å². The highest BCUT2D eigenvalue weighted by molar-refractivity contribution is 9.10. The van der Waals surface area contributed by atoms with Crippen LogP contribution in [0.3, 0.4) is 0 Å². The molecule has 1 aliphatic heterocycles. The van der Waals surface area contributed by atoms with Crippen molar-refractivity contribution in [2.24, 2.45) is 0 Å². The number of hydrogen-bond donors (Lipinski definition) is 2. The van der Waals surface area contributed by atoms with Gasteiger partial charge in [0.1, 0.15) is 5.82 Å². The second kappa shape index (κ2) is 10.4. The largest absolute Gasteiger partial charge is 0.383 e. The van der Waals surface area contributed by atoms with Crippen molar-refractivity contribution in [2.75, 3.05) is 38.7 Å². The SMILES string of the molecule is COCCN1C[C@@H](NC(=O)Nc2c(Br)c(C)nn2-c2ccccc2)[C@H](c2cncc(F)c2)C1. The number of carbonyl (C=O) groups excluding carboxylic acids is 1. The second-order valence-corrected chi connectivity index (χ2v) is 8.79. The van der Waals surface area contributed by atoms with E-state index in [1.54, 1.807) is 18.0 Å². The molecule has 3 heterocycles. The minimum absolute atomic E-state index is 0.0972. The smallest absolute Gasteiger partial charge is 0.320 e. The van der Waals surface area contributed by atoms with Gasteiger partial charge in [0.05, 0.1) is 34.7 Å². The number of halogens is 2. The first-order chi connectivity index (χ1) is 16.0. The van der Waals surface area contributed by atoms with Crippen LogP contribution in [-0.2, 0) is 4.74 Å². The molecule has 8 nitrogen and oxygen atoms in total. The third-order valence-corrected chi connectivity index (χ3v) is 6.65. The number of benzene rings is 1. The van der Waals surface area contributed by atoms with E-state index in [1.165, 1.54) is 12.3 Å². The number of aromatic nitrogens is 3. The molecule has 1 fully saturated rings. The van der Waals surface area contributed by atoms with E-state index >= 15 is 0 Å². The summed E-state index contributed by atoms with van der Waals surface area (Å²) in [7, 11) is 1.66. The predicted molar refractivity (Wildman–Crippen MR) is 127 cm³/mol. The number of nitrogens with one attached hydrogen (secondary N) is 2. The quantitative estimate of drug-likeness (QED) is 0.500. The number of pyridine rings is 1. The fourth-order valence-corrected chi connectivity index (χ4v) is 4.43. The van der Waals surface area contributed by atoms with Crippen molar-refractivity contribution in [1.29, 1.82) is 0 Å². The third kappa shape index (κ3) is 5.40. The van der Waals surface area contributed by atoms with Crippen LogP contribution >= 0.6 is 15.9 Å². The van der Waals surface area contributed by atoms with Crippen LogP contribution in [0.2, 0.25) is 0 Å². The molecule has 174 valence electrons. The van der Waals surface area contributed by atoms with Gasteiger partial charge in [0.15, 0.2) is 5.82 Å². The normalized spacial score (nSPS) is 18.4. The summed E-state index contributed by atoms with van der Waals surface area (Å²) >= 11 is 3.54. The van der Waals surface area contributed by atoms with E-state index < -0.39 is 5.82 Å². The van der Waals surface area contributed by atoms with E-state index in [0.29, 0.717) is 30.0 Å². The Kier molecular flexibility index (Phi) is 7.36. The van der Waals surface area contributed by atoms with E-state index in [4.69, 9.17) is 4.74 Å². The summed E-state index contributed by atoms with van der Waals surface area (Å²) in [6.07, 6.45) is 2.84. The van der Waals surface area contributed by atoms with Gasteiger partial charge in [-0.1, -0.05) is 18.2 Å². The highest BCUT2D eigenvalue weighted by Gasteiger charge is 2.35. The Morgan fingerprint density at radius 1 is 1.27 bits per heavy atom. The molecule has 2 aromatic heterocycles. The van der Waals surface area contributed by atoms with Gasteiger partial charge in [-0.3, -0.25) is 15.2 Å². The summed E-state index contributed by atoms with van der Waals surface area (Å²) in [5.41, 5.74) is 2.34. The van der Waals surface area contributed by atoms with Crippen LogP contribution in [0, 0.1) is 12.7 Å². The molecule has 0 aliphatic carbocycles. The maximum absolute atomic E-state index is 13.8. The molecule has 0 bridgehead atoms. The molecule has 33 heavy (non-hydrogen) atoms. The molecule has 2 N–H and O–H groups in total. The molecule has 3 aromatic rings. The van der Waals surface area contributed by atoms with Gasteiger partial charge in [-0.05, 0) is 46.6 Å². The number of ether oxygens (including phenoxy) is 1. The molecule has 4 rings (SSSR count). The standard InChI is InChI=1S/C23H26BrFN6O2/c1-15-21(24)22(31(29-15)18-6-4-3-5-7-18)28-23(32)27-20-14-30(8-9-33-2)13-19(20)16-10-17(25)12-26-11-16/h3-7,10-12,19-20H,8-9,13-14H2,1-2H3,(H2,27,28,32)/t19-,20+/m0/s1. The summed E-state index contributed by atoms with van der Waals surface area (Å²) in [5.74, 6) is 0.0478. The number of carbonyl (C=O) groups is 1. The first-order valence-electron chi connectivity index (χ1n) is 10.7. The molecule has 2 amide bonds. The third-order valence-electron chi connectivity index (χ3n) is 5.70. The molecule has 2 atom stereocenters. The van der Waals surface area contributed by atoms with Crippen LogP contribution in [0.5, 0.6) is 0 Å². The Bertz CT molecular complexity index is 1110. The summed E-state index contributed by atoms with van der Waals surface area (Å²) in [5, 5.41) is 10.5. The zero-order valence-corrected chi connectivity index (χ0v) is 20.0. The Morgan fingerprint density at radius 3 is 2.79 bits per heavy atom. The highest BCUT2D eigenvalue weighted by Crippen LogP contribution is 2.30. The van der Waals surface area contributed by atoms with Gasteiger partial charge in [0.2, 0.25) is 0 Å². The van der Waals surface area contributed by atoms with Gasteiger partial charge in [-0.25, -0.2) is 13.9 Å². The van der Waals surface area contributed by atoms with E-state index in [1.807, 2.05) is 37.3 Å². The number of anilines is 1. The number of hydrogen-bond acceptors (Lipinski definition) is 5. The molecule has 0 saturated carbocycles. The van der Waals surface area contributed by atoms with Gasteiger partial charge in [0.25, 0.3) is 0 Å². The summed E-state index contributed by atoms with van der Waals surface area (Å²) < 4.78 is 21.4. The minimum Gasteiger partial charge on any atom is -0.383 e. The molecular weight excluding hydrogens is 491 g/mol. The average molecular weight is 517 g/mol. The number of aryl methyl sites for hydroxylation is 1. The van der Waals surface area contributed by atoms with E-state index in [0.717, 1.165) is 23.5 Å². The minimum atomic E-state index is -0.391. The second-order valence-electron chi connectivity index (χ2n) is 8.00. The highest BCUT2D eigenvalue weighted by atomic mass is 79.9. The van der Waals surface area contributed by atoms with Crippen molar-refractivity contribution in [3.05, 3.63) is 70.3 Å². The van der Waals surface area contributed by atoms with Gasteiger partial charge in [0, 0.05) is 38.9 Å². The lowest BCUT2D eigenvalue weighted by Gasteiger charge is -2.20. The van der Waals surface area contributed by atoms with E-state index in [-0.39, 0.29) is 18.0 Å². The molecule has 0 radical (unpaired) electrons. The first kappa shape index (κ1) is 23.3. The number of urea groups is 1.